The van der Waals surface area contributed by atoms with Crippen molar-refractivity contribution < 1.29 is 13.2 Å². The quantitative estimate of drug-likeness (QED) is 0.630. The molecule has 1 amide bonds. The lowest BCUT2D eigenvalue weighted by Gasteiger charge is -2.22. The second kappa shape index (κ2) is 7.71. The lowest BCUT2D eigenvalue weighted by Crippen LogP contribution is -2.40. The third kappa shape index (κ3) is 4.49. The van der Waals surface area contributed by atoms with Crippen molar-refractivity contribution in [1.82, 2.24) is 14.3 Å². The van der Waals surface area contributed by atoms with E-state index in [1.807, 2.05) is 37.3 Å². The van der Waals surface area contributed by atoms with Crippen LogP contribution in [0.15, 0.2) is 42.6 Å². The van der Waals surface area contributed by atoms with Crippen LogP contribution in [-0.2, 0) is 21.4 Å². The Bertz CT molecular complexity index is 1060. The number of hydrogen-bond acceptors (Lipinski definition) is 6. The number of fused-ring (bicyclic) bond motifs is 1. The molecule has 0 unspecified atom stereocenters. The maximum absolute atomic E-state index is 12.9. The molecule has 27 heavy (non-hydrogen) atoms. The lowest BCUT2D eigenvalue weighted by molar-refractivity contribution is -0.118. The van der Waals surface area contributed by atoms with Gasteiger partial charge in [0, 0.05) is 13.2 Å². The predicted molar refractivity (Wildman–Crippen MR) is 107 cm³/mol. The molecule has 3 rings (SSSR count). The van der Waals surface area contributed by atoms with Gasteiger partial charge in [-0.05, 0) is 30.7 Å². The minimum Gasteiger partial charge on any atom is -0.281 e. The van der Waals surface area contributed by atoms with Gasteiger partial charge in [0.1, 0.15) is 0 Å². The summed E-state index contributed by atoms with van der Waals surface area (Å²) in [6, 6.07) is 11.3. The number of carbonyl (C=O) groups is 1. The molecule has 3 aromatic rings. The Morgan fingerprint density at radius 1 is 1.19 bits per heavy atom. The maximum Gasteiger partial charge on any atom is 0.244 e. The van der Waals surface area contributed by atoms with Gasteiger partial charge in [0.2, 0.25) is 15.9 Å². The third-order valence-corrected chi connectivity index (χ3v) is 6.42. The molecule has 0 saturated carbocycles. The van der Waals surface area contributed by atoms with Crippen LogP contribution in [0.25, 0.3) is 10.2 Å². The number of sulfonamides is 1. The summed E-state index contributed by atoms with van der Waals surface area (Å²) < 4.78 is 25.4. The molecule has 2 heterocycles. The molecule has 0 saturated heterocycles. The van der Waals surface area contributed by atoms with E-state index in [-0.39, 0.29) is 19.0 Å². The molecule has 0 fully saturated rings. The summed E-state index contributed by atoms with van der Waals surface area (Å²) in [5.74, 6) is -0.356. The first kappa shape index (κ1) is 19.4. The highest BCUT2D eigenvalue weighted by molar-refractivity contribution is 7.88. The molecule has 0 aliphatic carbocycles. The Labute approximate surface area is 162 Å². The number of carbonyl (C=O) groups excluding carboxylic acids is 1. The molecule has 0 aliphatic rings. The lowest BCUT2D eigenvalue weighted by atomic mass is 10.2. The number of amides is 1. The SMILES string of the molecule is Cc1cccc2sc(N(Cc3ccccn3)C(=O)CN(C)S(C)(=O)=O)nc12. The molecule has 0 aliphatic heterocycles. The molecule has 0 bridgehead atoms. The number of para-hydroxylation sites is 1. The van der Waals surface area contributed by atoms with E-state index in [1.54, 1.807) is 12.3 Å². The highest BCUT2D eigenvalue weighted by Gasteiger charge is 2.24. The van der Waals surface area contributed by atoms with Crippen LogP contribution in [0.2, 0.25) is 0 Å². The number of hydrogen-bond donors (Lipinski definition) is 0. The number of aryl methyl sites for hydroxylation is 1. The van der Waals surface area contributed by atoms with E-state index < -0.39 is 10.0 Å². The Morgan fingerprint density at radius 3 is 2.59 bits per heavy atom. The van der Waals surface area contributed by atoms with E-state index in [1.165, 1.54) is 23.3 Å². The van der Waals surface area contributed by atoms with E-state index in [0.717, 1.165) is 26.3 Å². The smallest absolute Gasteiger partial charge is 0.244 e. The standard InChI is InChI=1S/C18H20N4O3S2/c1-13-7-6-9-15-17(13)20-18(26-15)22(11-14-8-4-5-10-19-14)16(23)12-21(2)27(3,24)25/h4-10H,11-12H2,1-3H3. The summed E-state index contributed by atoms with van der Waals surface area (Å²) in [4.78, 5) is 23.3. The van der Waals surface area contributed by atoms with Gasteiger partial charge in [-0.1, -0.05) is 29.5 Å². The maximum atomic E-state index is 12.9. The highest BCUT2D eigenvalue weighted by atomic mass is 32.2. The van der Waals surface area contributed by atoms with E-state index in [4.69, 9.17) is 0 Å². The third-order valence-electron chi connectivity index (χ3n) is 4.11. The van der Waals surface area contributed by atoms with Crippen LogP contribution >= 0.6 is 11.3 Å². The molecule has 7 nitrogen and oxygen atoms in total. The molecule has 1 aromatic carbocycles. The van der Waals surface area contributed by atoms with Gasteiger partial charge < -0.3 is 0 Å². The van der Waals surface area contributed by atoms with Crippen molar-refractivity contribution in [2.45, 2.75) is 13.5 Å². The number of aromatic nitrogens is 2. The summed E-state index contributed by atoms with van der Waals surface area (Å²) in [7, 11) is -2.08. The monoisotopic (exact) mass is 404 g/mol. The predicted octanol–water partition coefficient (Wildman–Crippen LogP) is 2.42. The van der Waals surface area contributed by atoms with Crippen LogP contribution in [-0.4, -0.2) is 48.4 Å². The summed E-state index contributed by atoms with van der Waals surface area (Å²) in [5, 5.41) is 0.525. The Kier molecular flexibility index (Phi) is 5.54. The van der Waals surface area contributed by atoms with Crippen molar-refractivity contribution in [3.8, 4) is 0 Å². The summed E-state index contributed by atoms with van der Waals surface area (Å²) in [6.07, 6.45) is 2.73. The Hall–Kier alpha value is -2.36. The largest absolute Gasteiger partial charge is 0.281 e. The highest BCUT2D eigenvalue weighted by Crippen LogP contribution is 2.31. The molecular weight excluding hydrogens is 384 g/mol. The molecular formula is C18H20N4O3S2. The fourth-order valence-corrected chi connectivity index (χ4v) is 3.90. The number of rotatable bonds is 6. The van der Waals surface area contributed by atoms with Crippen molar-refractivity contribution in [2.75, 3.05) is 24.7 Å². The summed E-state index contributed by atoms with van der Waals surface area (Å²) in [5.41, 5.74) is 2.56. The van der Waals surface area contributed by atoms with Gasteiger partial charge in [-0.3, -0.25) is 14.7 Å². The van der Waals surface area contributed by atoms with E-state index in [9.17, 15) is 13.2 Å². The first-order chi connectivity index (χ1) is 12.8. The average Bonchev–Trinajstić information content (AvgIpc) is 3.05. The van der Waals surface area contributed by atoms with E-state index >= 15 is 0 Å². The molecule has 0 atom stereocenters. The number of anilines is 1. The molecule has 0 radical (unpaired) electrons. The van der Waals surface area contributed by atoms with Crippen molar-refractivity contribution in [3.63, 3.8) is 0 Å². The molecule has 2 aromatic heterocycles. The fourth-order valence-electron chi connectivity index (χ4n) is 2.50. The van der Waals surface area contributed by atoms with Gasteiger partial charge in [0.25, 0.3) is 0 Å². The zero-order valence-electron chi connectivity index (χ0n) is 15.3. The average molecular weight is 405 g/mol. The molecule has 142 valence electrons. The van der Waals surface area contributed by atoms with E-state index in [0.29, 0.717) is 10.8 Å². The number of thiazole rings is 1. The van der Waals surface area contributed by atoms with Crippen molar-refractivity contribution in [2.24, 2.45) is 0 Å². The number of nitrogens with zero attached hydrogens (tertiary/aromatic N) is 4. The first-order valence-electron chi connectivity index (χ1n) is 8.23. The summed E-state index contributed by atoms with van der Waals surface area (Å²) in [6.45, 7) is 1.92. The van der Waals surface area contributed by atoms with Crippen LogP contribution in [0.1, 0.15) is 11.3 Å². The summed E-state index contributed by atoms with van der Waals surface area (Å²) >= 11 is 1.40. The van der Waals surface area contributed by atoms with Crippen molar-refractivity contribution in [3.05, 3.63) is 53.9 Å². The Morgan fingerprint density at radius 2 is 1.96 bits per heavy atom. The fraction of sp³-hybridized carbons (Fsp3) is 0.278. The second-order valence-electron chi connectivity index (χ2n) is 6.24. The number of pyridine rings is 1. The molecule has 0 spiro atoms. The van der Waals surface area contributed by atoms with Crippen LogP contribution in [0.5, 0.6) is 0 Å². The minimum absolute atomic E-state index is 0.218. The van der Waals surface area contributed by atoms with Gasteiger partial charge in [-0.25, -0.2) is 13.4 Å². The zero-order chi connectivity index (χ0) is 19.6. The van der Waals surface area contributed by atoms with Gasteiger partial charge >= 0.3 is 0 Å². The van der Waals surface area contributed by atoms with Gasteiger partial charge in [-0.2, -0.15) is 4.31 Å². The van der Waals surface area contributed by atoms with E-state index in [2.05, 4.69) is 9.97 Å². The normalized spacial score (nSPS) is 11.9. The van der Waals surface area contributed by atoms with Gasteiger partial charge in [0.05, 0.1) is 35.3 Å². The van der Waals surface area contributed by atoms with Gasteiger partial charge in [0.15, 0.2) is 5.13 Å². The number of likely N-dealkylation sites (N-methyl/N-ethyl adjacent to an activating group) is 1. The van der Waals surface area contributed by atoms with Crippen LogP contribution in [0.4, 0.5) is 5.13 Å². The van der Waals surface area contributed by atoms with Crippen LogP contribution < -0.4 is 4.90 Å². The van der Waals surface area contributed by atoms with Gasteiger partial charge in [-0.15, -0.1) is 0 Å². The molecule has 0 N–H and O–H groups in total. The second-order valence-corrected chi connectivity index (χ2v) is 9.34. The zero-order valence-corrected chi connectivity index (χ0v) is 16.9. The number of benzene rings is 1. The van der Waals surface area contributed by atoms with Crippen molar-refractivity contribution >= 4 is 42.6 Å². The first-order valence-corrected chi connectivity index (χ1v) is 10.9. The minimum atomic E-state index is -3.46. The van der Waals surface area contributed by atoms with Crippen LogP contribution in [0.3, 0.4) is 0 Å². The molecule has 9 heteroatoms. The topological polar surface area (TPSA) is 83.5 Å². The van der Waals surface area contributed by atoms with Crippen LogP contribution in [0, 0.1) is 6.92 Å². The Balaban J connectivity index is 1.98. The van der Waals surface area contributed by atoms with Crippen molar-refractivity contribution in [1.29, 1.82) is 0 Å².